The van der Waals surface area contributed by atoms with E-state index in [0.29, 0.717) is 12.0 Å². The molecule has 0 heterocycles. The van der Waals surface area contributed by atoms with Gasteiger partial charge in [0.05, 0.1) is 6.04 Å². The van der Waals surface area contributed by atoms with Crippen molar-refractivity contribution in [1.29, 1.82) is 0 Å². The molecule has 4 heteroatoms. The fraction of sp³-hybridized carbons (Fsp3) is 0.136. The molecule has 0 aliphatic heterocycles. The lowest BCUT2D eigenvalue weighted by Crippen LogP contribution is -2.16. The highest BCUT2D eigenvalue weighted by Crippen LogP contribution is 2.26. The highest BCUT2D eigenvalue weighted by atomic mass is 79.9. The van der Waals surface area contributed by atoms with Crippen molar-refractivity contribution in [2.24, 2.45) is 0 Å². The van der Waals surface area contributed by atoms with Gasteiger partial charge < -0.3 is 5.32 Å². The van der Waals surface area contributed by atoms with Gasteiger partial charge in [0, 0.05) is 22.1 Å². The lowest BCUT2D eigenvalue weighted by molar-refractivity contribution is 0.0976. The summed E-state index contributed by atoms with van der Waals surface area (Å²) in [7, 11) is 0. The van der Waals surface area contributed by atoms with E-state index in [1.807, 2.05) is 55.5 Å². The molecule has 0 spiro atoms. The maximum atomic E-state index is 13.2. The van der Waals surface area contributed by atoms with E-state index >= 15 is 0 Å². The Morgan fingerprint density at radius 3 is 2.19 bits per heavy atom. The molecule has 132 valence electrons. The van der Waals surface area contributed by atoms with Crippen LogP contribution in [-0.2, 0) is 0 Å². The van der Waals surface area contributed by atoms with E-state index in [9.17, 15) is 9.18 Å². The molecule has 1 atom stereocenters. The summed E-state index contributed by atoms with van der Waals surface area (Å²) in [5.74, 6) is -0.223. The minimum absolute atomic E-state index is 0.0625. The number of nitrogens with one attached hydrogen (secondary N) is 1. The van der Waals surface area contributed by atoms with Gasteiger partial charge in [0.1, 0.15) is 5.82 Å². The standard InChI is InChI=1S/C22H19BrFNO/c1-15-2-4-17(5-3-15)22(26)14-21(16-6-8-18(23)9-7-16)25-20-12-10-19(24)11-13-20/h2-13,21,25H,14H2,1H3. The van der Waals surface area contributed by atoms with Gasteiger partial charge in [-0.05, 0) is 48.9 Å². The Labute approximate surface area is 161 Å². The summed E-state index contributed by atoms with van der Waals surface area (Å²) < 4.78 is 14.1. The maximum absolute atomic E-state index is 13.2. The van der Waals surface area contributed by atoms with Crippen LogP contribution in [0.1, 0.15) is 33.9 Å². The third kappa shape index (κ3) is 4.79. The second kappa shape index (κ2) is 8.28. The van der Waals surface area contributed by atoms with Crippen LogP contribution in [0.15, 0.2) is 77.3 Å². The highest BCUT2D eigenvalue weighted by molar-refractivity contribution is 9.10. The van der Waals surface area contributed by atoms with Crippen molar-refractivity contribution < 1.29 is 9.18 Å². The number of hydrogen-bond donors (Lipinski definition) is 1. The van der Waals surface area contributed by atoms with Gasteiger partial charge in [-0.3, -0.25) is 4.79 Å². The lowest BCUT2D eigenvalue weighted by atomic mass is 9.97. The Kier molecular flexibility index (Phi) is 5.84. The number of Topliss-reactive ketones (excluding diaryl/α,β-unsaturated/α-hetero) is 1. The van der Waals surface area contributed by atoms with Gasteiger partial charge in [0.2, 0.25) is 0 Å². The molecule has 26 heavy (non-hydrogen) atoms. The number of ketones is 1. The van der Waals surface area contributed by atoms with Crippen molar-refractivity contribution in [2.75, 3.05) is 5.32 Å². The molecule has 3 aromatic rings. The van der Waals surface area contributed by atoms with E-state index in [1.54, 1.807) is 12.1 Å². The molecule has 2 nitrogen and oxygen atoms in total. The third-order valence-corrected chi connectivity index (χ3v) is 4.75. The van der Waals surface area contributed by atoms with Crippen LogP contribution >= 0.6 is 15.9 Å². The highest BCUT2D eigenvalue weighted by Gasteiger charge is 2.17. The molecule has 0 aliphatic rings. The first-order chi connectivity index (χ1) is 12.5. The molecule has 0 aliphatic carbocycles. The summed E-state index contributed by atoms with van der Waals surface area (Å²) >= 11 is 3.43. The van der Waals surface area contributed by atoms with Crippen molar-refractivity contribution in [3.8, 4) is 0 Å². The number of carbonyl (C=O) groups excluding carboxylic acids is 1. The van der Waals surface area contributed by atoms with E-state index in [2.05, 4.69) is 21.2 Å². The first-order valence-corrected chi connectivity index (χ1v) is 9.18. The average molecular weight is 412 g/mol. The second-order valence-corrected chi connectivity index (χ2v) is 7.16. The predicted molar refractivity (Wildman–Crippen MR) is 107 cm³/mol. The predicted octanol–water partition coefficient (Wildman–Crippen LogP) is 6.32. The zero-order valence-corrected chi connectivity index (χ0v) is 16.0. The van der Waals surface area contributed by atoms with Gasteiger partial charge in [0.25, 0.3) is 0 Å². The Hall–Kier alpha value is -2.46. The number of rotatable bonds is 6. The van der Waals surface area contributed by atoms with E-state index < -0.39 is 0 Å². The summed E-state index contributed by atoms with van der Waals surface area (Å²) in [5.41, 5.74) is 3.59. The van der Waals surface area contributed by atoms with E-state index in [-0.39, 0.29) is 17.6 Å². The van der Waals surface area contributed by atoms with Crippen molar-refractivity contribution >= 4 is 27.4 Å². The lowest BCUT2D eigenvalue weighted by Gasteiger charge is -2.20. The zero-order valence-electron chi connectivity index (χ0n) is 14.4. The molecule has 0 bridgehead atoms. The molecule has 0 saturated heterocycles. The number of anilines is 1. The van der Waals surface area contributed by atoms with Crippen molar-refractivity contribution in [3.05, 3.63) is 99.8 Å². The minimum Gasteiger partial charge on any atom is -0.378 e. The SMILES string of the molecule is Cc1ccc(C(=O)CC(Nc2ccc(F)cc2)c2ccc(Br)cc2)cc1. The van der Waals surface area contributed by atoms with E-state index in [4.69, 9.17) is 0 Å². The normalized spacial score (nSPS) is 11.8. The van der Waals surface area contributed by atoms with Crippen LogP contribution in [-0.4, -0.2) is 5.78 Å². The Morgan fingerprint density at radius 2 is 1.58 bits per heavy atom. The Balaban J connectivity index is 1.84. The van der Waals surface area contributed by atoms with Gasteiger partial charge in [-0.15, -0.1) is 0 Å². The number of hydrogen-bond acceptors (Lipinski definition) is 2. The number of halogens is 2. The van der Waals surface area contributed by atoms with E-state index in [1.165, 1.54) is 12.1 Å². The molecule has 1 N–H and O–H groups in total. The van der Waals surface area contributed by atoms with Gasteiger partial charge in [-0.1, -0.05) is 57.9 Å². The molecular weight excluding hydrogens is 393 g/mol. The van der Waals surface area contributed by atoms with Crippen LogP contribution in [0.2, 0.25) is 0 Å². The monoisotopic (exact) mass is 411 g/mol. The van der Waals surface area contributed by atoms with Crippen LogP contribution in [0.5, 0.6) is 0 Å². The zero-order chi connectivity index (χ0) is 18.5. The minimum atomic E-state index is -0.286. The molecular formula is C22H19BrFNO. The number of aryl methyl sites for hydroxylation is 1. The molecule has 0 saturated carbocycles. The van der Waals surface area contributed by atoms with Gasteiger partial charge in [-0.25, -0.2) is 4.39 Å². The first kappa shape index (κ1) is 18.3. The Morgan fingerprint density at radius 1 is 0.962 bits per heavy atom. The maximum Gasteiger partial charge on any atom is 0.165 e. The molecule has 3 aromatic carbocycles. The summed E-state index contributed by atoms with van der Waals surface area (Å²) in [6.07, 6.45) is 0.308. The van der Waals surface area contributed by atoms with Crippen LogP contribution < -0.4 is 5.32 Å². The fourth-order valence-corrected chi connectivity index (χ4v) is 3.00. The van der Waals surface area contributed by atoms with Crippen LogP contribution in [0.3, 0.4) is 0 Å². The van der Waals surface area contributed by atoms with Crippen LogP contribution in [0.4, 0.5) is 10.1 Å². The summed E-state index contributed by atoms with van der Waals surface area (Å²) in [4.78, 5) is 12.7. The molecule has 0 aromatic heterocycles. The number of benzene rings is 3. The van der Waals surface area contributed by atoms with Crippen molar-refractivity contribution in [2.45, 2.75) is 19.4 Å². The van der Waals surface area contributed by atoms with Crippen LogP contribution in [0, 0.1) is 12.7 Å². The average Bonchev–Trinajstić information content (AvgIpc) is 2.64. The van der Waals surface area contributed by atoms with Gasteiger partial charge in [0.15, 0.2) is 5.78 Å². The topological polar surface area (TPSA) is 29.1 Å². The second-order valence-electron chi connectivity index (χ2n) is 6.25. The summed E-state index contributed by atoms with van der Waals surface area (Å²) in [6.45, 7) is 2.00. The fourth-order valence-electron chi connectivity index (χ4n) is 2.74. The first-order valence-electron chi connectivity index (χ1n) is 8.39. The molecule has 0 fully saturated rings. The Bertz CT molecular complexity index is 874. The third-order valence-electron chi connectivity index (χ3n) is 4.22. The van der Waals surface area contributed by atoms with Crippen molar-refractivity contribution in [1.82, 2.24) is 0 Å². The molecule has 3 rings (SSSR count). The summed E-state index contributed by atoms with van der Waals surface area (Å²) in [5, 5.41) is 3.35. The smallest absolute Gasteiger partial charge is 0.165 e. The molecule has 1 unspecified atom stereocenters. The molecule has 0 radical (unpaired) electrons. The largest absolute Gasteiger partial charge is 0.378 e. The van der Waals surface area contributed by atoms with Gasteiger partial charge in [-0.2, -0.15) is 0 Å². The van der Waals surface area contributed by atoms with Crippen molar-refractivity contribution in [3.63, 3.8) is 0 Å². The van der Waals surface area contributed by atoms with Crippen LogP contribution in [0.25, 0.3) is 0 Å². The molecule has 0 amide bonds. The quantitative estimate of drug-likeness (QED) is 0.480. The van der Waals surface area contributed by atoms with E-state index in [0.717, 1.165) is 21.3 Å². The van der Waals surface area contributed by atoms with Gasteiger partial charge >= 0.3 is 0 Å². The number of carbonyl (C=O) groups is 1. The summed E-state index contributed by atoms with van der Waals surface area (Å²) in [6, 6.07) is 21.4.